The summed E-state index contributed by atoms with van der Waals surface area (Å²) in [5.74, 6) is 0. The van der Waals surface area contributed by atoms with Crippen LogP contribution >= 0.6 is 0 Å². The van der Waals surface area contributed by atoms with Crippen molar-refractivity contribution in [1.82, 2.24) is 9.78 Å². The Morgan fingerprint density at radius 3 is 2.29 bits per heavy atom. The van der Waals surface area contributed by atoms with Crippen LogP contribution in [0.4, 0.5) is 0 Å². The molecule has 0 saturated heterocycles. The van der Waals surface area contributed by atoms with Crippen LogP contribution in [0.2, 0.25) is 0 Å². The van der Waals surface area contributed by atoms with Gasteiger partial charge in [-0.15, -0.1) is 0 Å². The molecule has 0 aliphatic rings. The molecule has 1 atom stereocenters. The van der Waals surface area contributed by atoms with Crippen LogP contribution in [-0.4, -0.2) is 20.5 Å². The summed E-state index contributed by atoms with van der Waals surface area (Å²) in [7, 11) is 0. The van der Waals surface area contributed by atoms with Gasteiger partial charge in [0.05, 0.1) is 17.8 Å². The number of nitrogens with zero attached hydrogens (tertiary/aromatic N) is 2. The molecule has 0 saturated carbocycles. The van der Waals surface area contributed by atoms with Crippen molar-refractivity contribution in [3.05, 3.63) is 17.0 Å². The van der Waals surface area contributed by atoms with E-state index in [-0.39, 0.29) is 0 Å². The Morgan fingerprint density at radius 2 is 1.93 bits per heavy atom. The number of aryl methyl sites for hydroxylation is 1. The first-order valence-electron chi connectivity index (χ1n) is 5.10. The number of rotatable bonds is 3. The molecule has 3 heteroatoms. The zero-order chi connectivity index (χ0) is 10.9. The maximum Gasteiger partial charge on any atom is 0.0812 e. The summed E-state index contributed by atoms with van der Waals surface area (Å²) >= 11 is 0. The molecule has 3 nitrogen and oxygen atoms in total. The predicted molar refractivity (Wildman–Crippen MR) is 57.4 cm³/mol. The third-order valence-corrected chi connectivity index (χ3v) is 3.00. The maximum atomic E-state index is 9.94. The SMILES string of the molecule is CCC(C)(O)Cn1nc(C)c(C)c1C. The molecule has 0 spiro atoms. The Balaban J connectivity index is 2.93. The van der Waals surface area contributed by atoms with E-state index in [1.807, 2.05) is 32.4 Å². The molecule has 1 N–H and O–H groups in total. The minimum Gasteiger partial charge on any atom is -0.388 e. The van der Waals surface area contributed by atoms with Crippen LogP contribution in [0.25, 0.3) is 0 Å². The van der Waals surface area contributed by atoms with E-state index in [4.69, 9.17) is 0 Å². The molecule has 0 radical (unpaired) electrons. The Morgan fingerprint density at radius 1 is 1.36 bits per heavy atom. The van der Waals surface area contributed by atoms with Crippen molar-refractivity contribution in [3.8, 4) is 0 Å². The Kier molecular flexibility index (Phi) is 3.00. The molecule has 1 rings (SSSR count). The van der Waals surface area contributed by atoms with Crippen molar-refractivity contribution >= 4 is 0 Å². The fraction of sp³-hybridized carbons (Fsp3) is 0.727. The van der Waals surface area contributed by atoms with Crippen molar-refractivity contribution in [3.63, 3.8) is 0 Å². The molecule has 1 unspecified atom stereocenters. The van der Waals surface area contributed by atoms with Crippen molar-refractivity contribution in [2.75, 3.05) is 0 Å². The normalized spacial score (nSPS) is 15.6. The standard InChI is InChI=1S/C11H20N2O/c1-6-11(5,14)7-13-10(4)8(2)9(3)12-13/h14H,6-7H2,1-5H3. The highest BCUT2D eigenvalue weighted by Gasteiger charge is 2.20. The van der Waals surface area contributed by atoms with Gasteiger partial charge in [-0.05, 0) is 39.7 Å². The second kappa shape index (κ2) is 3.73. The lowest BCUT2D eigenvalue weighted by atomic mass is 10.0. The van der Waals surface area contributed by atoms with Crippen LogP contribution in [0.5, 0.6) is 0 Å². The predicted octanol–water partition coefficient (Wildman–Crippen LogP) is 1.97. The molecule has 1 aromatic rings. The molecule has 0 fully saturated rings. The number of aliphatic hydroxyl groups is 1. The van der Waals surface area contributed by atoms with E-state index < -0.39 is 5.60 Å². The van der Waals surface area contributed by atoms with Gasteiger partial charge in [-0.1, -0.05) is 6.92 Å². The minimum absolute atomic E-state index is 0.573. The highest BCUT2D eigenvalue weighted by Crippen LogP contribution is 2.16. The van der Waals surface area contributed by atoms with Crippen molar-refractivity contribution in [1.29, 1.82) is 0 Å². The van der Waals surface area contributed by atoms with Crippen molar-refractivity contribution in [2.45, 2.75) is 53.2 Å². The fourth-order valence-electron chi connectivity index (χ4n) is 1.37. The summed E-state index contributed by atoms with van der Waals surface area (Å²) in [5, 5.41) is 14.3. The first-order valence-corrected chi connectivity index (χ1v) is 5.10. The van der Waals surface area contributed by atoms with E-state index in [1.54, 1.807) is 0 Å². The fourth-order valence-corrected chi connectivity index (χ4v) is 1.37. The first kappa shape index (κ1) is 11.2. The zero-order valence-corrected chi connectivity index (χ0v) is 9.76. The molecule has 0 aliphatic carbocycles. The summed E-state index contributed by atoms with van der Waals surface area (Å²) < 4.78 is 1.90. The molecular weight excluding hydrogens is 176 g/mol. The molecule has 0 amide bonds. The Hall–Kier alpha value is -0.830. The van der Waals surface area contributed by atoms with E-state index in [9.17, 15) is 5.11 Å². The van der Waals surface area contributed by atoms with E-state index in [0.717, 1.165) is 17.8 Å². The van der Waals surface area contributed by atoms with E-state index in [0.29, 0.717) is 6.54 Å². The van der Waals surface area contributed by atoms with Crippen LogP contribution in [0, 0.1) is 20.8 Å². The van der Waals surface area contributed by atoms with E-state index in [1.165, 1.54) is 5.56 Å². The highest BCUT2D eigenvalue weighted by molar-refractivity contribution is 5.22. The van der Waals surface area contributed by atoms with Crippen LogP contribution in [0.3, 0.4) is 0 Å². The second-order valence-electron chi connectivity index (χ2n) is 4.30. The molecular formula is C11H20N2O. The van der Waals surface area contributed by atoms with E-state index in [2.05, 4.69) is 12.0 Å². The van der Waals surface area contributed by atoms with Crippen LogP contribution in [0.15, 0.2) is 0 Å². The molecule has 80 valence electrons. The second-order valence-corrected chi connectivity index (χ2v) is 4.30. The number of aromatic nitrogens is 2. The molecule has 1 aromatic heterocycles. The average molecular weight is 196 g/mol. The van der Waals surface area contributed by atoms with Gasteiger partial charge < -0.3 is 5.11 Å². The van der Waals surface area contributed by atoms with Gasteiger partial charge in [0.1, 0.15) is 0 Å². The lowest BCUT2D eigenvalue weighted by molar-refractivity contribution is 0.0338. The lowest BCUT2D eigenvalue weighted by Crippen LogP contribution is -2.30. The van der Waals surface area contributed by atoms with Crippen LogP contribution in [-0.2, 0) is 6.54 Å². The van der Waals surface area contributed by atoms with Gasteiger partial charge in [0, 0.05) is 5.69 Å². The molecule has 14 heavy (non-hydrogen) atoms. The summed E-state index contributed by atoms with van der Waals surface area (Å²) in [6.45, 7) is 10.5. The third kappa shape index (κ3) is 2.15. The van der Waals surface area contributed by atoms with Gasteiger partial charge in [0.25, 0.3) is 0 Å². The smallest absolute Gasteiger partial charge is 0.0812 e. The van der Waals surface area contributed by atoms with Gasteiger partial charge >= 0.3 is 0 Å². The summed E-state index contributed by atoms with van der Waals surface area (Å²) in [5.41, 5.74) is 2.76. The quantitative estimate of drug-likeness (QED) is 0.802. The summed E-state index contributed by atoms with van der Waals surface area (Å²) in [6.07, 6.45) is 0.740. The highest BCUT2D eigenvalue weighted by atomic mass is 16.3. The lowest BCUT2D eigenvalue weighted by Gasteiger charge is -2.21. The van der Waals surface area contributed by atoms with Crippen molar-refractivity contribution < 1.29 is 5.11 Å². The van der Waals surface area contributed by atoms with Gasteiger partial charge in [-0.2, -0.15) is 5.10 Å². The van der Waals surface area contributed by atoms with Gasteiger partial charge in [-0.3, -0.25) is 4.68 Å². The van der Waals surface area contributed by atoms with Gasteiger partial charge in [0.15, 0.2) is 0 Å². The third-order valence-electron chi connectivity index (χ3n) is 3.00. The van der Waals surface area contributed by atoms with Crippen molar-refractivity contribution in [2.24, 2.45) is 0 Å². The zero-order valence-electron chi connectivity index (χ0n) is 9.76. The van der Waals surface area contributed by atoms with Gasteiger partial charge in [-0.25, -0.2) is 0 Å². The number of hydrogen-bond acceptors (Lipinski definition) is 2. The minimum atomic E-state index is -0.657. The first-order chi connectivity index (χ1) is 6.37. The summed E-state index contributed by atoms with van der Waals surface area (Å²) in [4.78, 5) is 0. The van der Waals surface area contributed by atoms with E-state index >= 15 is 0 Å². The molecule has 0 aliphatic heterocycles. The molecule has 0 bridgehead atoms. The maximum absolute atomic E-state index is 9.94. The Labute approximate surface area is 85.8 Å². The molecule has 1 heterocycles. The van der Waals surface area contributed by atoms with Gasteiger partial charge in [0.2, 0.25) is 0 Å². The average Bonchev–Trinajstić information content (AvgIpc) is 2.33. The number of hydrogen-bond donors (Lipinski definition) is 1. The molecule has 0 aromatic carbocycles. The van der Waals surface area contributed by atoms with Crippen LogP contribution in [0.1, 0.15) is 37.2 Å². The summed E-state index contributed by atoms with van der Waals surface area (Å²) in [6, 6.07) is 0. The Bertz CT molecular complexity index is 326. The largest absolute Gasteiger partial charge is 0.388 e. The monoisotopic (exact) mass is 196 g/mol. The van der Waals surface area contributed by atoms with Crippen LogP contribution < -0.4 is 0 Å². The topological polar surface area (TPSA) is 38.0 Å².